The van der Waals surface area contributed by atoms with Gasteiger partial charge >= 0.3 is 0 Å². The van der Waals surface area contributed by atoms with Crippen LogP contribution < -0.4 is 15.2 Å². The average Bonchev–Trinajstić information content (AvgIpc) is 2.90. The van der Waals surface area contributed by atoms with Gasteiger partial charge in [-0.2, -0.15) is 0 Å². The Morgan fingerprint density at radius 3 is 2.57 bits per heavy atom. The van der Waals surface area contributed by atoms with Crippen LogP contribution in [0, 0.1) is 0 Å². The summed E-state index contributed by atoms with van der Waals surface area (Å²) in [5.41, 5.74) is 7.26. The first-order valence-corrected chi connectivity index (χ1v) is 7.56. The molecule has 1 aromatic rings. The molecule has 0 radical (unpaired) electrons. The molecule has 21 heavy (non-hydrogen) atoms. The van der Waals surface area contributed by atoms with Gasteiger partial charge in [0.2, 0.25) is 6.79 Å². The van der Waals surface area contributed by atoms with Crippen molar-refractivity contribution in [2.75, 3.05) is 40.5 Å². The first kappa shape index (κ1) is 16.1. The van der Waals surface area contributed by atoms with Gasteiger partial charge in [-0.15, -0.1) is 0 Å². The molecule has 1 aliphatic rings. The summed E-state index contributed by atoms with van der Waals surface area (Å²) in [4.78, 5) is 4.65. The SMILES string of the molecule is CCN(C(C)CN(C)C)C(CN)c1ccc2c(c1)OCO2. The molecule has 2 atom stereocenters. The fourth-order valence-electron chi connectivity index (χ4n) is 3.06. The highest BCUT2D eigenvalue weighted by atomic mass is 16.7. The van der Waals surface area contributed by atoms with E-state index in [-0.39, 0.29) is 6.04 Å². The number of ether oxygens (including phenoxy) is 2. The largest absolute Gasteiger partial charge is 0.454 e. The lowest BCUT2D eigenvalue weighted by Gasteiger charge is -2.36. The third kappa shape index (κ3) is 3.67. The maximum Gasteiger partial charge on any atom is 0.231 e. The van der Waals surface area contributed by atoms with E-state index in [9.17, 15) is 0 Å². The Bertz CT molecular complexity index is 465. The molecule has 1 aromatic carbocycles. The second-order valence-corrected chi connectivity index (χ2v) is 5.81. The van der Waals surface area contributed by atoms with E-state index in [4.69, 9.17) is 15.2 Å². The number of likely N-dealkylation sites (N-methyl/N-ethyl adjacent to an activating group) is 2. The summed E-state index contributed by atoms with van der Waals surface area (Å²) in [5, 5.41) is 0. The molecule has 0 aliphatic carbocycles. The van der Waals surface area contributed by atoms with Crippen LogP contribution in [-0.4, -0.2) is 56.4 Å². The van der Waals surface area contributed by atoms with Crippen LogP contribution in [0.15, 0.2) is 18.2 Å². The molecule has 118 valence electrons. The molecule has 0 saturated heterocycles. The van der Waals surface area contributed by atoms with Crippen LogP contribution in [0.2, 0.25) is 0 Å². The number of benzene rings is 1. The van der Waals surface area contributed by atoms with Crippen LogP contribution in [0.4, 0.5) is 0 Å². The van der Waals surface area contributed by atoms with Crippen molar-refractivity contribution in [3.63, 3.8) is 0 Å². The highest BCUT2D eigenvalue weighted by molar-refractivity contribution is 5.45. The zero-order chi connectivity index (χ0) is 15.4. The molecule has 0 fully saturated rings. The summed E-state index contributed by atoms with van der Waals surface area (Å²) in [6.07, 6.45) is 0. The maximum absolute atomic E-state index is 6.07. The van der Waals surface area contributed by atoms with E-state index in [1.165, 1.54) is 5.56 Å². The van der Waals surface area contributed by atoms with Crippen molar-refractivity contribution in [2.45, 2.75) is 25.9 Å². The highest BCUT2D eigenvalue weighted by Gasteiger charge is 2.25. The van der Waals surface area contributed by atoms with E-state index in [2.05, 4.69) is 49.9 Å². The molecule has 0 saturated carbocycles. The van der Waals surface area contributed by atoms with Crippen molar-refractivity contribution >= 4 is 0 Å². The summed E-state index contributed by atoms with van der Waals surface area (Å²) in [7, 11) is 4.20. The van der Waals surface area contributed by atoms with Gasteiger partial charge in [-0.3, -0.25) is 4.90 Å². The molecule has 2 unspecified atom stereocenters. The monoisotopic (exact) mass is 293 g/mol. The van der Waals surface area contributed by atoms with Gasteiger partial charge in [-0.25, -0.2) is 0 Å². The van der Waals surface area contributed by atoms with Crippen molar-refractivity contribution in [3.8, 4) is 11.5 Å². The van der Waals surface area contributed by atoms with Gasteiger partial charge in [0.25, 0.3) is 0 Å². The van der Waals surface area contributed by atoms with Crippen LogP contribution in [0.3, 0.4) is 0 Å². The minimum Gasteiger partial charge on any atom is -0.454 e. The van der Waals surface area contributed by atoms with Gasteiger partial charge in [0.05, 0.1) is 0 Å². The summed E-state index contributed by atoms with van der Waals surface area (Å²) in [6, 6.07) is 6.76. The molecular weight excluding hydrogens is 266 g/mol. The summed E-state index contributed by atoms with van der Waals surface area (Å²) in [5.74, 6) is 1.64. The van der Waals surface area contributed by atoms with E-state index in [1.807, 2.05) is 6.07 Å². The third-order valence-corrected chi connectivity index (χ3v) is 3.97. The summed E-state index contributed by atoms with van der Waals surface area (Å²) in [6.45, 7) is 7.30. The Labute approximate surface area is 127 Å². The maximum atomic E-state index is 6.07. The van der Waals surface area contributed by atoms with Crippen molar-refractivity contribution < 1.29 is 9.47 Å². The first-order chi connectivity index (χ1) is 10.1. The number of fused-ring (bicyclic) bond motifs is 1. The van der Waals surface area contributed by atoms with E-state index >= 15 is 0 Å². The third-order valence-electron chi connectivity index (χ3n) is 3.97. The van der Waals surface area contributed by atoms with Crippen molar-refractivity contribution in [1.29, 1.82) is 0 Å². The predicted octanol–water partition coefficient (Wildman–Crippen LogP) is 1.69. The molecule has 2 rings (SSSR count). The highest BCUT2D eigenvalue weighted by Crippen LogP contribution is 2.35. The molecule has 0 spiro atoms. The Kier molecular flexibility index (Phi) is 5.45. The average molecular weight is 293 g/mol. The predicted molar refractivity (Wildman–Crippen MR) is 84.8 cm³/mol. The Balaban J connectivity index is 2.20. The minimum atomic E-state index is 0.194. The van der Waals surface area contributed by atoms with Crippen LogP contribution in [0.1, 0.15) is 25.5 Å². The number of hydrogen-bond acceptors (Lipinski definition) is 5. The Morgan fingerprint density at radius 1 is 1.24 bits per heavy atom. The van der Waals surface area contributed by atoms with Gasteiger partial charge in [0.1, 0.15) is 0 Å². The molecule has 5 heteroatoms. The second kappa shape index (κ2) is 7.11. The molecule has 2 N–H and O–H groups in total. The van der Waals surface area contributed by atoms with Crippen molar-refractivity contribution in [3.05, 3.63) is 23.8 Å². The van der Waals surface area contributed by atoms with Crippen LogP contribution in [0.5, 0.6) is 11.5 Å². The molecule has 1 aliphatic heterocycles. The topological polar surface area (TPSA) is 51.0 Å². The summed E-state index contributed by atoms with van der Waals surface area (Å²) >= 11 is 0. The lowest BCUT2D eigenvalue weighted by molar-refractivity contribution is 0.130. The zero-order valence-corrected chi connectivity index (χ0v) is 13.5. The van der Waals surface area contributed by atoms with E-state index in [0.29, 0.717) is 19.4 Å². The van der Waals surface area contributed by atoms with E-state index in [0.717, 1.165) is 24.6 Å². The summed E-state index contributed by atoms with van der Waals surface area (Å²) < 4.78 is 10.9. The van der Waals surface area contributed by atoms with Crippen LogP contribution >= 0.6 is 0 Å². The van der Waals surface area contributed by atoms with Gasteiger partial charge in [-0.05, 0) is 45.3 Å². The van der Waals surface area contributed by atoms with Crippen molar-refractivity contribution in [1.82, 2.24) is 9.80 Å². The minimum absolute atomic E-state index is 0.194. The fraction of sp³-hybridized carbons (Fsp3) is 0.625. The van der Waals surface area contributed by atoms with Crippen LogP contribution in [-0.2, 0) is 0 Å². The number of hydrogen-bond donors (Lipinski definition) is 1. The van der Waals surface area contributed by atoms with Crippen molar-refractivity contribution in [2.24, 2.45) is 5.73 Å². The second-order valence-electron chi connectivity index (χ2n) is 5.81. The van der Waals surface area contributed by atoms with Crippen LogP contribution in [0.25, 0.3) is 0 Å². The lowest BCUT2D eigenvalue weighted by Crippen LogP contribution is -2.44. The normalized spacial score (nSPS) is 16.5. The molecule has 0 aromatic heterocycles. The molecular formula is C16H27N3O2. The fourth-order valence-corrected chi connectivity index (χ4v) is 3.06. The number of rotatable bonds is 7. The Morgan fingerprint density at radius 2 is 1.95 bits per heavy atom. The number of nitrogens with two attached hydrogens (primary N) is 1. The Hall–Kier alpha value is -1.30. The first-order valence-electron chi connectivity index (χ1n) is 7.56. The molecule has 0 amide bonds. The molecule has 0 bridgehead atoms. The number of nitrogens with zero attached hydrogens (tertiary/aromatic N) is 2. The van der Waals surface area contributed by atoms with Gasteiger partial charge in [-0.1, -0.05) is 13.0 Å². The van der Waals surface area contributed by atoms with Gasteiger partial charge in [0, 0.05) is 25.2 Å². The quantitative estimate of drug-likeness (QED) is 0.829. The lowest BCUT2D eigenvalue weighted by atomic mass is 10.0. The van der Waals surface area contributed by atoms with E-state index < -0.39 is 0 Å². The standard InChI is InChI=1S/C16H27N3O2/c1-5-19(12(2)10-18(3)4)14(9-17)13-6-7-15-16(8-13)21-11-20-15/h6-8,12,14H,5,9-11,17H2,1-4H3. The molecule has 5 nitrogen and oxygen atoms in total. The smallest absolute Gasteiger partial charge is 0.231 e. The van der Waals surface area contributed by atoms with Gasteiger partial charge < -0.3 is 20.1 Å². The zero-order valence-electron chi connectivity index (χ0n) is 13.5. The van der Waals surface area contributed by atoms with E-state index in [1.54, 1.807) is 0 Å². The molecule has 1 heterocycles. The van der Waals surface area contributed by atoms with Gasteiger partial charge in [0.15, 0.2) is 11.5 Å².